The van der Waals surface area contributed by atoms with Crippen LogP contribution in [0, 0.1) is 0 Å². The number of carbonyl (C=O) groups is 1. The van der Waals surface area contributed by atoms with Gasteiger partial charge in [0.25, 0.3) is 0 Å². The second kappa shape index (κ2) is 3.53. The Morgan fingerprint density at radius 1 is 1.40 bits per heavy atom. The predicted molar refractivity (Wildman–Crippen MR) is 39.8 cm³/mol. The summed E-state index contributed by atoms with van der Waals surface area (Å²) in [6.45, 7) is 1.85. The molecule has 0 spiro atoms. The molecule has 58 valence electrons. The van der Waals surface area contributed by atoms with Crippen molar-refractivity contribution in [1.82, 2.24) is 8.84 Å². The van der Waals surface area contributed by atoms with Crippen molar-refractivity contribution in [2.75, 3.05) is 19.6 Å². The number of piperazine rings is 1. The summed E-state index contributed by atoms with van der Waals surface area (Å²) in [5.74, 6) is 0. The van der Waals surface area contributed by atoms with E-state index in [-0.39, 0.29) is 6.04 Å². The first-order valence-corrected chi connectivity index (χ1v) is 3.70. The van der Waals surface area contributed by atoms with Crippen LogP contribution < -0.4 is 0 Å². The average molecular weight is 183 g/mol. The van der Waals surface area contributed by atoms with Gasteiger partial charge in [-0.2, -0.15) is 0 Å². The van der Waals surface area contributed by atoms with E-state index in [4.69, 9.17) is 23.6 Å². The molecule has 0 aromatic carbocycles. The van der Waals surface area contributed by atoms with E-state index >= 15 is 0 Å². The van der Waals surface area contributed by atoms with Crippen LogP contribution in [0.1, 0.15) is 0 Å². The summed E-state index contributed by atoms with van der Waals surface area (Å²) in [4.78, 5) is 10.3. The minimum Gasteiger partial charge on any atom is -0.302 e. The minimum atomic E-state index is -0.257. The smallest absolute Gasteiger partial charge is 0.139 e. The number of hydrogen-bond acceptors (Lipinski definition) is 3. The van der Waals surface area contributed by atoms with Gasteiger partial charge in [0.2, 0.25) is 0 Å². The van der Waals surface area contributed by atoms with Crippen LogP contribution in [-0.4, -0.2) is 40.8 Å². The molecule has 3 nitrogen and oxygen atoms in total. The van der Waals surface area contributed by atoms with Crippen molar-refractivity contribution in [3.8, 4) is 0 Å². The fraction of sp³-hybridized carbons (Fsp3) is 0.800. The van der Waals surface area contributed by atoms with E-state index in [1.54, 1.807) is 4.42 Å². The van der Waals surface area contributed by atoms with Gasteiger partial charge in [-0.25, -0.2) is 8.84 Å². The molecule has 1 saturated heterocycles. The SMILES string of the molecule is O=CC1CN(Cl)CCN1Cl. The lowest BCUT2D eigenvalue weighted by molar-refractivity contribution is -0.111. The van der Waals surface area contributed by atoms with Crippen molar-refractivity contribution in [2.24, 2.45) is 0 Å². The molecule has 5 heteroatoms. The molecule has 1 atom stereocenters. The molecule has 1 aliphatic heterocycles. The van der Waals surface area contributed by atoms with Crippen molar-refractivity contribution in [3.63, 3.8) is 0 Å². The van der Waals surface area contributed by atoms with E-state index in [1.807, 2.05) is 0 Å². The summed E-state index contributed by atoms with van der Waals surface area (Å²) in [6, 6.07) is -0.257. The van der Waals surface area contributed by atoms with Crippen LogP contribution in [0.2, 0.25) is 0 Å². The standard InChI is InChI=1S/C5H8Cl2N2O/c6-8-1-2-9(7)5(3-8)4-10/h4-5H,1-3H2. The summed E-state index contributed by atoms with van der Waals surface area (Å²) in [6.07, 6.45) is 0.807. The number of rotatable bonds is 1. The lowest BCUT2D eigenvalue weighted by Crippen LogP contribution is -2.46. The topological polar surface area (TPSA) is 23.6 Å². The lowest BCUT2D eigenvalue weighted by Gasteiger charge is -2.30. The Labute approximate surface area is 69.7 Å². The zero-order chi connectivity index (χ0) is 7.56. The lowest BCUT2D eigenvalue weighted by atomic mass is 10.3. The molecule has 0 saturated carbocycles. The van der Waals surface area contributed by atoms with Gasteiger partial charge in [-0.3, -0.25) is 0 Å². The first-order valence-electron chi connectivity index (χ1n) is 3.02. The number of aldehydes is 1. The highest BCUT2D eigenvalue weighted by molar-refractivity contribution is 6.15. The maximum Gasteiger partial charge on any atom is 0.139 e. The maximum atomic E-state index is 10.3. The molecular weight excluding hydrogens is 175 g/mol. The third-order valence-electron chi connectivity index (χ3n) is 1.46. The van der Waals surface area contributed by atoms with Crippen molar-refractivity contribution in [1.29, 1.82) is 0 Å². The molecule has 1 heterocycles. The highest BCUT2D eigenvalue weighted by Crippen LogP contribution is 2.11. The second-order valence-electron chi connectivity index (χ2n) is 2.20. The molecule has 0 aromatic heterocycles. The third kappa shape index (κ3) is 1.83. The van der Waals surface area contributed by atoms with Crippen LogP contribution in [0.4, 0.5) is 0 Å². The first-order chi connectivity index (χ1) is 4.74. The molecule has 10 heavy (non-hydrogen) atoms. The van der Waals surface area contributed by atoms with Gasteiger partial charge in [0.05, 0.1) is 6.04 Å². The van der Waals surface area contributed by atoms with Gasteiger partial charge in [0.15, 0.2) is 0 Å². The third-order valence-corrected chi connectivity index (χ3v) is 2.19. The van der Waals surface area contributed by atoms with Crippen LogP contribution in [0.25, 0.3) is 0 Å². The summed E-state index contributed by atoms with van der Waals surface area (Å²) in [5.41, 5.74) is 0. The maximum absolute atomic E-state index is 10.3. The van der Waals surface area contributed by atoms with E-state index in [0.717, 1.165) is 6.29 Å². The highest BCUT2D eigenvalue weighted by Gasteiger charge is 2.23. The molecule has 1 rings (SSSR count). The molecule has 0 radical (unpaired) electrons. The van der Waals surface area contributed by atoms with Crippen LogP contribution in [0.15, 0.2) is 0 Å². The van der Waals surface area contributed by atoms with Crippen molar-refractivity contribution < 1.29 is 4.79 Å². The number of nitrogens with zero attached hydrogens (tertiary/aromatic N) is 2. The van der Waals surface area contributed by atoms with Crippen LogP contribution in [0.3, 0.4) is 0 Å². The van der Waals surface area contributed by atoms with E-state index < -0.39 is 0 Å². The molecule has 0 N–H and O–H groups in total. The molecule has 0 amide bonds. The number of halogens is 2. The number of hydrogen-bond donors (Lipinski definition) is 0. The molecular formula is C5H8Cl2N2O. The second-order valence-corrected chi connectivity index (χ2v) is 3.11. The van der Waals surface area contributed by atoms with E-state index in [1.165, 1.54) is 4.42 Å². The molecule has 1 aliphatic rings. The average Bonchev–Trinajstić information content (AvgIpc) is 1.94. The fourth-order valence-corrected chi connectivity index (χ4v) is 1.26. The zero-order valence-electron chi connectivity index (χ0n) is 5.33. The van der Waals surface area contributed by atoms with Gasteiger partial charge < -0.3 is 4.79 Å². The van der Waals surface area contributed by atoms with E-state index in [0.29, 0.717) is 19.6 Å². The minimum absolute atomic E-state index is 0.257. The summed E-state index contributed by atoms with van der Waals surface area (Å²) >= 11 is 11.3. The molecule has 0 bridgehead atoms. The van der Waals surface area contributed by atoms with Gasteiger partial charge in [-0.1, -0.05) is 0 Å². The van der Waals surface area contributed by atoms with Crippen LogP contribution in [0.5, 0.6) is 0 Å². The normalized spacial score (nSPS) is 30.4. The molecule has 1 fully saturated rings. The Balaban J connectivity index is 2.45. The fourth-order valence-electron chi connectivity index (χ4n) is 0.862. The highest BCUT2D eigenvalue weighted by atomic mass is 35.5. The first kappa shape index (κ1) is 8.27. The van der Waals surface area contributed by atoms with Crippen molar-refractivity contribution >= 4 is 29.8 Å². The van der Waals surface area contributed by atoms with Gasteiger partial charge in [-0.05, 0) is 23.6 Å². The Hall–Kier alpha value is 0.170. The molecule has 0 aliphatic carbocycles. The van der Waals surface area contributed by atoms with Crippen LogP contribution in [-0.2, 0) is 4.79 Å². The van der Waals surface area contributed by atoms with Crippen LogP contribution >= 0.6 is 23.6 Å². The summed E-state index contributed by atoms with van der Waals surface area (Å²) in [5, 5.41) is 0. The van der Waals surface area contributed by atoms with Gasteiger partial charge in [-0.15, -0.1) is 0 Å². The molecule has 1 unspecified atom stereocenters. The van der Waals surface area contributed by atoms with E-state index in [2.05, 4.69) is 0 Å². The van der Waals surface area contributed by atoms with Crippen molar-refractivity contribution in [3.05, 3.63) is 0 Å². The zero-order valence-corrected chi connectivity index (χ0v) is 6.85. The Morgan fingerprint density at radius 3 is 2.60 bits per heavy atom. The van der Waals surface area contributed by atoms with Crippen molar-refractivity contribution in [2.45, 2.75) is 6.04 Å². The van der Waals surface area contributed by atoms with Gasteiger partial charge in [0, 0.05) is 19.6 Å². The van der Waals surface area contributed by atoms with Gasteiger partial charge >= 0.3 is 0 Å². The largest absolute Gasteiger partial charge is 0.302 e. The summed E-state index contributed by atoms with van der Waals surface area (Å²) < 4.78 is 3.05. The Morgan fingerprint density at radius 2 is 2.10 bits per heavy atom. The van der Waals surface area contributed by atoms with Gasteiger partial charge in [0.1, 0.15) is 6.29 Å². The Kier molecular flexibility index (Phi) is 2.92. The Bertz CT molecular complexity index is 133. The van der Waals surface area contributed by atoms with E-state index in [9.17, 15) is 4.79 Å². The quantitative estimate of drug-likeness (QED) is 0.436. The summed E-state index contributed by atoms with van der Waals surface area (Å²) in [7, 11) is 0. The monoisotopic (exact) mass is 182 g/mol. The number of carbonyl (C=O) groups excluding carboxylic acids is 1. The predicted octanol–water partition coefficient (Wildman–Crippen LogP) is 0.479. The molecule has 0 aromatic rings.